The third-order valence-corrected chi connectivity index (χ3v) is 3.04. The Morgan fingerprint density at radius 3 is 3.12 bits per heavy atom. The Bertz CT molecular complexity index is 522. The summed E-state index contributed by atoms with van der Waals surface area (Å²) in [6.07, 6.45) is 0.709. The van der Waals surface area contributed by atoms with Crippen LogP contribution in [0.15, 0.2) is 17.6 Å². The summed E-state index contributed by atoms with van der Waals surface area (Å²) < 4.78 is 0.970. The number of hydrogen-bond acceptors (Lipinski definition) is 4. The quantitative estimate of drug-likeness (QED) is 0.852. The van der Waals surface area contributed by atoms with Crippen LogP contribution < -0.4 is 5.32 Å². The van der Waals surface area contributed by atoms with Gasteiger partial charge in [-0.2, -0.15) is 0 Å². The molecule has 5 heteroatoms. The third-order valence-electron chi connectivity index (χ3n) is 2.26. The van der Waals surface area contributed by atoms with Crippen LogP contribution in [-0.2, 0) is 11.2 Å². The molecule has 0 saturated heterocycles. The molecule has 1 heterocycles. The van der Waals surface area contributed by atoms with Gasteiger partial charge in [0.1, 0.15) is 11.3 Å². The number of thiazole rings is 1. The fourth-order valence-corrected chi connectivity index (χ4v) is 2.29. The van der Waals surface area contributed by atoms with Gasteiger partial charge in [0, 0.05) is 13.5 Å². The molecule has 2 aromatic rings. The molecule has 0 saturated carbocycles. The SMILES string of the molecule is CC(=O)NCCc1cc(O)c2ncsc2c1. The van der Waals surface area contributed by atoms with E-state index in [1.54, 1.807) is 11.6 Å². The van der Waals surface area contributed by atoms with Gasteiger partial charge in [0.2, 0.25) is 5.91 Å². The topological polar surface area (TPSA) is 62.2 Å². The van der Waals surface area contributed by atoms with Gasteiger partial charge in [-0.15, -0.1) is 11.3 Å². The van der Waals surface area contributed by atoms with Gasteiger partial charge in [-0.05, 0) is 24.1 Å². The Labute approximate surface area is 96.9 Å². The number of amides is 1. The van der Waals surface area contributed by atoms with Crippen LogP contribution in [0.1, 0.15) is 12.5 Å². The van der Waals surface area contributed by atoms with Crippen LogP contribution in [0.5, 0.6) is 5.75 Å². The molecule has 2 N–H and O–H groups in total. The number of fused-ring (bicyclic) bond motifs is 1. The number of nitrogens with one attached hydrogen (secondary N) is 1. The summed E-state index contributed by atoms with van der Waals surface area (Å²) in [6, 6.07) is 3.69. The molecule has 16 heavy (non-hydrogen) atoms. The minimum Gasteiger partial charge on any atom is -0.506 e. The van der Waals surface area contributed by atoms with Crippen molar-refractivity contribution in [3.63, 3.8) is 0 Å². The van der Waals surface area contributed by atoms with Crippen molar-refractivity contribution >= 4 is 27.5 Å². The van der Waals surface area contributed by atoms with E-state index in [0.717, 1.165) is 10.3 Å². The predicted molar refractivity (Wildman–Crippen MR) is 63.7 cm³/mol. The lowest BCUT2D eigenvalue weighted by Crippen LogP contribution is -2.22. The van der Waals surface area contributed by atoms with Crippen molar-refractivity contribution in [1.29, 1.82) is 0 Å². The van der Waals surface area contributed by atoms with E-state index in [4.69, 9.17) is 0 Å². The number of carbonyl (C=O) groups is 1. The van der Waals surface area contributed by atoms with Crippen molar-refractivity contribution < 1.29 is 9.90 Å². The average Bonchev–Trinajstić information content (AvgIpc) is 2.65. The highest BCUT2D eigenvalue weighted by molar-refractivity contribution is 7.16. The fourth-order valence-electron chi connectivity index (χ4n) is 1.53. The molecule has 0 aliphatic rings. The lowest BCUT2D eigenvalue weighted by Gasteiger charge is -2.03. The largest absolute Gasteiger partial charge is 0.506 e. The van der Waals surface area contributed by atoms with Gasteiger partial charge in [0.15, 0.2) is 0 Å². The van der Waals surface area contributed by atoms with E-state index >= 15 is 0 Å². The van der Waals surface area contributed by atoms with Gasteiger partial charge in [-0.25, -0.2) is 4.98 Å². The van der Waals surface area contributed by atoms with Gasteiger partial charge < -0.3 is 10.4 Å². The maximum Gasteiger partial charge on any atom is 0.216 e. The molecule has 0 radical (unpaired) electrons. The minimum atomic E-state index is -0.0388. The zero-order valence-corrected chi connectivity index (χ0v) is 9.67. The van der Waals surface area contributed by atoms with Crippen LogP contribution >= 0.6 is 11.3 Å². The molecule has 84 valence electrons. The van der Waals surface area contributed by atoms with Crippen LogP contribution in [0.4, 0.5) is 0 Å². The van der Waals surface area contributed by atoms with Crippen molar-refractivity contribution in [3.8, 4) is 5.75 Å². The molecule has 0 fully saturated rings. The molecular formula is C11H12N2O2S. The third kappa shape index (κ3) is 2.30. The van der Waals surface area contributed by atoms with Crippen LogP contribution in [-0.4, -0.2) is 22.5 Å². The van der Waals surface area contributed by atoms with Crippen LogP contribution in [0.3, 0.4) is 0 Å². The highest BCUT2D eigenvalue weighted by Crippen LogP contribution is 2.28. The summed E-state index contributed by atoms with van der Waals surface area (Å²) in [5.74, 6) is 0.166. The number of phenols is 1. The number of aromatic hydroxyl groups is 1. The molecule has 1 aromatic carbocycles. The van der Waals surface area contributed by atoms with E-state index in [-0.39, 0.29) is 11.7 Å². The van der Waals surface area contributed by atoms with Gasteiger partial charge in [0.05, 0.1) is 10.2 Å². The predicted octanol–water partition coefficient (Wildman–Crippen LogP) is 1.68. The standard InChI is InChI=1S/C11H12N2O2S/c1-7(14)12-3-2-8-4-9(15)11-10(5-8)16-6-13-11/h4-6,15H,2-3H2,1H3,(H,12,14). The molecule has 0 unspecified atom stereocenters. The smallest absolute Gasteiger partial charge is 0.216 e. The molecule has 0 bridgehead atoms. The Morgan fingerprint density at radius 2 is 2.38 bits per heavy atom. The zero-order chi connectivity index (χ0) is 11.5. The molecule has 1 aromatic heterocycles. The normalized spacial score (nSPS) is 10.6. The molecule has 0 atom stereocenters. The minimum absolute atomic E-state index is 0.0388. The molecule has 1 amide bonds. The highest BCUT2D eigenvalue weighted by Gasteiger charge is 2.05. The lowest BCUT2D eigenvalue weighted by atomic mass is 10.1. The molecule has 4 nitrogen and oxygen atoms in total. The second-order valence-electron chi connectivity index (χ2n) is 3.55. The monoisotopic (exact) mass is 236 g/mol. The Hall–Kier alpha value is -1.62. The van der Waals surface area contributed by atoms with E-state index < -0.39 is 0 Å². The van der Waals surface area contributed by atoms with Crippen LogP contribution in [0.25, 0.3) is 10.2 Å². The zero-order valence-electron chi connectivity index (χ0n) is 8.86. The van der Waals surface area contributed by atoms with E-state index in [1.807, 2.05) is 6.07 Å². The fraction of sp³-hybridized carbons (Fsp3) is 0.273. The maximum atomic E-state index is 10.7. The summed E-state index contributed by atoms with van der Waals surface area (Å²) in [4.78, 5) is 14.8. The summed E-state index contributed by atoms with van der Waals surface area (Å²) in [5.41, 5.74) is 3.36. The first kappa shape index (κ1) is 10.9. The number of aromatic nitrogens is 1. The highest BCUT2D eigenvalue weighted by atomic mass is 32.1. The first-order valence-electron chi connectivity index (χ1n) is 4.96. The van der Waals surface area contributed by atoms with E-state index in [0.29, 0.717) is 18.5 Å². The summed E-state index contributed by atoms with van der Waals surface area (Å²) in [7, 11) is 0. The van der Waals surface area contributed by atoms with Gasteiger partial charge in [0.25, 0.3) is 0 Å². The van der Waals surface area contributed by atoms with Crippen LogP contribution in [0, 0.1) is 0 Å². The molecular weight excluding hydrogens is 224 g/mol. The maximum absolute atomic E-state index is 10.7. The number of nitrogens with zero attached hydrogens (tertiary/aromatic N) is 1. The number of hydrogen-bond donors (Lipinski definition) is 2. The van der Waals surface area contributed by atoms with Crippen molar-refractivity contribution in [3.05, 3.63) is 23.2 Å². The summed E-state index contributed by atoms with van der Waals surface area (Å²) >= 11 is 1.50. The number of rotatable bonds is 3. The van der Waals surface area contributed by atoms with E-state index in [2.05, 4.69) is 10.3 Å². The molecule has 0 aliphatic carbocycles. The van der Waals surface area contributed by atoms with E-state index in [1.165, 1.54) is 18.3 Å². The molecule has 2 rings (SSSR count). The van der Waals surface area contributed by atoms with Gasteiger partial charge >= 0.3 is 0 Å². The van der Waals surface area contributed by atoms with Crippen molar-refractivity contribution in [2.75, 3.05) is 6.54 Å². The first-order valence-corrected chi connectivity index (χ1v) is 5.84. The van der Waals surface area contributed by atoms with Crippen molar-refractivity contribution in [2.24, 2.45) is 0 Å². The molecule has 0 spiro atoms. The number of benzene rings is 1. The van der Waals surface area contributed by atoms with Gasteiger partial charge in [-0.1, -0.05) is 0 Å². The van der Waals surface area contributed by atoms with Gasteiger partial charge in [-0.3, -0.25) is 4.79 Å². The average molecular weight is 236 g/mol. The first-order chi connectivity index (χ1) is 7.66. The summed E-state index contributed by atoms with van der Waals surface area (Å²) in [5, 5.41) is 12.4. The Kier molecular flexibility index (Phi) is 3.05. The number of phenolic OH excluding ortho intramolecular Hbond substituents is 1. The molecule has 0 aliphatic heterocycles. The van der Waals surface area contributed by atoms with Crippen molar-refractivity contribution in [2.45, 2.75) is 13.3 Å². The summed E-state index contributed by atoms with van der Waals surface area (Å²) in [6.45, 7) is 2.07. The number of carbonyl (C=O) groups excluding carboxylic acids is 1. The Balaban J connectivity index is 2.15. The van der Waals surface area contributed by atoms with Crippen LogP contribution in [0.2, 0.25) is 0 Å². The second kappa shape index (κ2) is 4.49. The lowest BCUT2D eigenvalue weighted by molar-refractivity contribution is -0.118. The Morgan fingerprint density at radius 1 is 1.56 bits per heavy atom. The van der Waals surface area contributed by atoms with Crippen molar-refractivity contribution in [1.82, 2.24) is 10.3 Å². The second-order valence-corrected chi connectivity index (χ2v) is 4.43. The van der Waals surface area contributed by atoms with E-state index in [9.17, 15) is 9.90 Å².